The first-order chi connectivity index (χ1) is 4.33. The van der Waals surface area contributed by atoms with Gasteiger partial charge in [0, 0.05) is 0 Å². The van der Waals surface area contributed by atoms with E-state index < -0.39 is 6.17 Å². The summed E-state index contributed by atoms with van der Waals surface area (Å²) in [6.07, 6.45) is 0.257. The molecule has 2 nitrogen and oxygen atoms in total. The maximum absolute atomic E-state index is 12.3. The van der Waals surface area contributed by atoms with Crippen LogP contribution in [0.4, 0.5) is 4.39 Å². The zero-order valence-corrected chi connectivity index (χ0v) is 5.22. The quantitative estimate of drug-likeness (QED) is 0.565. The Bertz CT molecular complexity index is 79.1. The summed E-state index contributed by atoms with van der Waals surface area (Å²) in [6.45, 7) is 0.179. The van der Waals surface area contributed by atoms with Crippen LogP contribution in [-0.4, -0.2) is 30.6 Å². The standard InChI is InChI=1S/C6H11FO2/c7-5-1-2-6(3-8)9-4-5/h5-6,8H,1-4H2/t5-,6+/m1/s1. The fourth-order valence-corrected chi connectivity index (χ4v) is 0.918. The molecule has 0 aliphatic carbocycles. The molecule has 54 valence electrons. The third kappa shape index (κ3) is 1.91. The van der Waals surface area contributed by atoms with Gasteiger partial charge in [-0.3, -0.25) is 0 Å². The van der Waals surface area contributed by atoms with Crippen LogP contribution >= 0.6 is 0 Å². The van der Waals surface area contributed by atoms with Gasteiger partial charge in [0.05, 0.1) is 19.3 Å². The number of alkyl halides is 1. The largest absolute Gasteiger partial charge is 0.394 e. The second-order valence-electron chi connectivity index (χ2n) is 2.31. The molecule has 0 bridgehead atoms. The highest BCUT2D eigenvalue weighted by atomic mass is 19.1. The monoisotopic (exact) mass is 134 g/mol. The van der Waals surface area contributed by atoms with Gasteiger partial charge in [0.1, 0.15) is 6.17 Å². The van der Waals surface area contributed by atoms with Crippen LogP contribution in [0.15, 0.2) is 0 Å². The Labute approximate surface area is 53.6 Å². The molecular weight excluding hydrogens is 123 g/mol. The van der Waals surface area contributed by atoms with E-state index in [-0.39, 0.29) is 19.3 Å². The first-order valence-corrected chi connectivity index (χ1v) is 3.19. The van der Waals surface area contributed by atoms with Crippen molar-refractivity contribution in [3.63, 3.8) is 0 Å². The zero-order chi connectivity index (χ0) is 6.69. The average molecular weight is 134 g/mol. The maximum atomic E-state index is 12.3. The third-order valence-electron chi connectivity index (χ3n) is 1.52. The predicted molar refractivity (Wildman–Crippen MR) is 31.0 cm³/mol. The molecule has 1 N–H and O–H groups in total. The van der Waals surface area contributed by atoms with Crippen molar-refractivity contribution in [3.8, 4) is 0 Å². The van der Waals surface area contributed by atoms with Gasteiger partial charge in [-0.25, -0.2) is 4.39 Å². The second kappa shape index (κ2) is 3.13. The summed E-state index contributed by atoms with van der Waals surface area (Å²) < 4.78 is 17.2. The number of aliphatic hydroxyl groups is 1. The minimum Gasteiger partial charge on any atom is -0.394 e. The van der Waals surface area contributed by atoms with E-state index >= 15 is 0 Å². The lowest BCUT2D eigenvalue weighted by atomic mass is 10.1. The molecule has 1 aliphatic rings. The Hall–Kier alpha value is -0.150. The average Bonchev–Trinajstić information content (AvgIpc) is 1.90. The van der Waals surface area contributed by atoms with Crippen LogP contribution in [0.2, 0.25) is 0 Å². The molecule has 2 atom stereocenters. The van der Waals surface area contributed by atoms with E-state index in [1.165, 1.54) is 0 Å². The molecule has 0 aromatic rings. The summed E-state index contributed by atoms with van der Waals surface area (Å²) in [4.78, 5) is 0. The summed E-state index contributed by atoms with van der Waals surface area (Å²) in [7, 11) is 0. The Morgan fingerprint density at radius 2 is 2.33 bits per heavy atom. The number of ether oxygens (including phenoxy) is 1. The van der Waals surface area contributed by atoms with Gasteiger partial charge in [-0.2, -0.15) is 0 Å². The summed E-state index contributed by atoms with van der Waals surface area (Å²) in [5, 5.41) is 8.53. The number of halogens is 1. The van der Waals surface area contributed by atoms with Crippen LogP contribution in [0, 0.1) is 0 Å². The molecule has 0 unspecified atom stereocenters. The van der Waals surface area contributed by atoms with Crippen molar-refractivity contribution in [1.29, 1.82) is 0 Å². The smallest absolute Gasteiger partial charge is 0.123 e. The van der Waals surface area contributed by atoms with E-state index in [0.717, 1.165) is 0 Å². The summed E-state index contributed by atoms with van der Waals surface area (Å²) in [5.74, 6) is 0. The summed E-state index contributed by atoms with van der Waals surface area (Å²) >= 11 is 0. The molecule has 3 heteroatoms. The van der Waals surface area contributed by atoms with Crippen LogP contribution < -0.4 is 0 Å². The molecule has 0 aromatic heterocycles. The highest BCUT2D eigenvalue weighted by molar-refractivity contribution is 4.67. The SMILES string of the molecule is OC[C@@H]1CC[C@@H](F)CO1. The van der Waals surface area contributed by atoms with Crippen LogP contribution in [0.5, 0.6) is 0 Å². The fourth-order valence-electron chi connectivity index (χ4n) is 0.918. The lowest BCUT2D eigenvalue weighted by molar-refractivity contribution is -0.0503. The lowest BCUT2D eigenvalue weighted by Gasteiger charge is -2.22. The minimum absolute atomic E-state index is 0.0206. The Kier molecular flexibility index (Phi) is 2.42. The van der Waals surface area contributed by atoms with E-state index in [2.05, 4.69) is 0 Å². The molecule has 0 radical (unpaired) electrons. The van der Waals surface area contributed by atoms with Gasteiger partial charge >= 0.3 is 0 Å². The lowest BCUT2D eigenvalue weighted by Crippen LogP contribution is -2.29. The van der Waals surface area contributed by atoms with Gasteiger partial charge in [-0.05, 0) is 12.8 Å². The Morgan fingerprint density at radius 3 is 2.78 bits per heavy atom. The minimum atomic E-state index is -0.812. The maximum Gasteiger partial charge on any atom is 0.123 e. The first kappa shape index (κ1) is 6.96. The molecule has 0 saturated carbocycles. The molecule has 1 aliphatic heterocycles. The predicted octanol–water partition coefficient (Wildman–Crippen LogP) is 0.496. The molecular formula is C6H11FO2. The van der Waals surface area contributed by atoms with E-state index in [1.54, 1.807) is 0 Å². The van der Waals surface area contributed by atoms with Crippen LogP contribution in [0.3, 0.4) is 0 Å². The van der Waals surface area contributed by atoms with Crippen LogP contribution in [0.1, 0.15) is 12.8 Å². The van der Waals surface area contributed by atoms with Crippen LogP contribution in [-0.2, 0) is 4.74 Å². The normalized spacial score (nSPS) is 36.7. The number of hydrogen-bond donors (Lipinski definition) is 1. The van der Waals surface area contributed by atoms with Crippen molar-refractivity contribution in [1.82, 2.24) is 0 Å². The molecule has 1 fully saturated rings. The van der Waals surface area contributed by atoms with E-state index in [0.29, 0.717) is 12.8 Å². The molecule has 1 rings (SSSR count). The second-order valence-corrected chi connectivity index (χ2v) is 2.31. The highest BCUT2D eigenvalue weighted by Crippen LogP contribution is 2.14. The third-order valence-corrected chi connectivity index (χ3v) is 1.52. The van der Waals surface area contributed by atoms with E-state index in [9.17, 15) is 4.39 Å². The molecule has 0 spiro atoms. The van der Waals surface area contributed by atoms with Gasteiger partial charge in [0.25, 0.3) is 0 Å². The number of aliphatic hydroxyl groups excluding tert-OH is 1. The van der Waals surface area contributed by atoms with Crippen molar-refractivity contribution in [3.05, 3.63) is 0 Å². The summed E-state index contributed by atoms with van der Waals surface area (Å²) in [6, 6.07) is 0. The van der Waals surface area contributed by atoms with Gasteiger partial charge in [0.2, 0.25) is 0 Å². The Morgan fingerprint density at radius 1 is 1.56 bits per heavy atom. The van der Waals surface area contributed by atoms with Crippen molar-refractivity contribution < 1.29 is 14.2 Å². The zero-order valence-electron chi connectivity index (χ0n) is 5.22. The first-order valence-electron chi connectivity index (χ1n) is 3.19. The van der Waals surface area contributed by atoms with E-state index in [4.69, 9.17) is 9.84 Å². The molecule has 1 saturated heterocycles. The molecule has 9 heavy (non-hydrogen) atoms. The van der Waals surface area contributed by atoms with Gasteiger partial charge in [0.15, 0.2) is 0 Å². The van der Waals surface area contributed by atoms with Crippen molar-refractivity contribution >= 4 is 0 Å². The highest BCUT2D eigenvalue weighted by Gasteiger charge is 2.19. The van der Waals surface area contributed by atoms with Crippen molar-refractivity contribution in [2.75, 3.05) is 13.2 Å². The fraction of sp³-hybridized carbons (Fsp3) is 1.00. The van der Waals surface area contributed by atoms with Crippen molar-refractivity contribution in [2.24, 2.45) is 0 Å². The Balaban J connectivity index is 2.18. The van der Waals surface area contributed by atoms with Crippen molar-refractivity contribution in [2.45, 2.75) is 25.1 Å². The molecule has 1 heterocycles. The van der Waals surface area contributed by atoms with Gasteiger partial charge < -0.3 is 9.84 Å². The van der Waals surface area contributed by atoms with E-state index in [1.807, 2.05) is 0 Å². The summed E-state index contributed by atoms with van der Waals surface area (Å²) in [5.41, 5.74) is 0. The number of hydrogen-bond acceptors (Lipinski definition) is 2. The van der Waals surface area contributed by atoms with Gasteiger partial charge in [-0.15, -0.1) is 0 Å². The topological polar surface area (TPSA) is 29.5 Å². The molecule has 0 aromatic carbocycles. The van der Waals surface area contributed by atoms with Crippen LogP contribution in [0.25, 0.3) is 0 Å². The number of rotatable bonds is 1. The molecule has 0 amide bonds. The van der Waals surface area contributed by atoms with Gasteiger partial charge in [-0.1, -0.05) is 0 Å².